The molecular weight excluding hydrogens is 242 g/mol. The summed E-state index contributed by atoms with van der Waals surface area (Å²) in [4.78, 5) is 15.1. The van der Waals surface area contributed by atoms with Crippen LogP contribution < -0.4 is 11.3 Å². The molecule has 17 heavy (non-hydrogen) atoms. The van der Waals surface area contributed by atoms with Crippen LogP contribution in [0.15, 0.2) is 18.5 Å². The zero-order valence-electron chi connectivity index (χ0n) is 9.08. The molecule has 0 aliphatic heterocycles. The van der Waals surface area contributed by atoms with Crippen LogP contribution in [-0.4, -0.2) is 33.0 Å². The average Bonchev–Trinajstić information content (AvgIpc) is 2.37. The highest BCUT2D eigenvalue weighted by Crippen LogP contribution is 2.19. The number of aliphatic hydroxyl groups is 2. The monoisotopic (exact) mass is 257 g/mol. The van der Waals surface area contributed by atoms with E-state index in [0.717, 1.165) is 0 Å². The topological polar surface area (TPSA) is 108 Å². The molecule has 2 unspecified atom stereocenters. The molecule has 2 atom stereocenters. The van der Waals surface area contributed by atoms with Gasteiger partial charge in [0.1, 0.15) is 6.10 Å². The number of carbonyl (C=O) groups is 1. The molecule has 0 aromatic carbocycles. The zero-order valence-corrected chi connectivity index (χ0v) is 9.97. The van der Waals surface area contributed by atoms with Gasteiger partial charge in [0.15, 0.2) is 0 Å². The van der Waals surface area contributed by atoms with Gasteiger partial charge in [-0.1, -0.05) is 0 Å². The van der Waals surface area contributed by atoms with Crippen molar-refractivity contribution in [3.05, 3.63) is 29.6 Å². The third kappa shape index (κ3) is 3.67. The Labute approximate surface area is 104 Å². The van der Waals surface area contributed by atoms with E-state index in [0.29, 0.717) is 17.7 Å². The summed E-state index contributed by atoms with van der Waals surface area (Å²) in [5.41, 5.74) is 2.55. The Morgan fingerprint density at radius 3 is 2.82 bits per heavy atom. The SMILES string of the molecule is NNC(=O)c1cncc(C(O)C(O)CCS)c1. The summed E-state index contributed by atoms with van der Waals surface area (Å²) in [6.45, 7) is 0. The first kappa shape index (κ1) is 13.9. The number of nitrogen functional groups attached to an aromatic ring is 1. The van der Waals surface area contributed by atoms with Crippen LogP contribution in [-0.2, 0) is 0 Å². The number of hydrogen-bond acceptors (Lipinski definition) is 6. The highest BCUT2D eigenvalue weighted by Gasteiger charge is 2.19. The molecular formula is C10H15N3O3S. The number of aromatic nitrogens is 1. The van der Waals surface area contributed by atoms with E-state index in [9.17, 15) is 15.0 Å². The molecule has 1 aromatic rings. The second-order valence-electron chi connectivity index (χ2n) is 3.50. The number of aliphatic hydroxyl groups excluding tert-OH is 2. The summed E-state index contributed by atoms with van der Waals surface area (Å²) < 4.78 is 0. The van der Waals surface area contributed by atoms with Gasteiger partial charge >= 0.3 is 0 Å². The Morgan fingerprint density at radius 2 is 2.24 bits per heavy atom. The van der Waals surface area contributed by atoms with Crippen molar-refractivity contribution in [3.8, 4) is 0 Å². The minimum absolute atomic E-state index is 0.224. The molecule has 5 N–H and O–H groups in total. The van der Waals surface area contributed by atoms with Crippen molar-refractivity contribution in [1.82, 2.24) is 10.4 Å². The fraction of sp³-hybridized carbons (Fsp3) is 0.400. The smallest absolute Gasteiger partial charge is 0.266 e. The Hall–Kier alpha value is -1.15. The molecule has 94 valence electrons. The highest BCUT2D eigenvalue weighted by molar-refractivity contribution is 7.80. The Morgan fingerprint density at radius 1 is 1.53 bits per heavy atom. The van der Waals surface area contributed by atoms with Crippen molar-refractivity contribution in [2.45, 2.75) is 18.6 Å². The van der Waals surface area contributed by atoms with Gasteiger partial charge in [-0.2, -0.15) is 12.6 Å². The zero-order chi connectivity index (χ0) is 12.8. The number of carbonyl (C=O) groups excluding carboxylic acids is 1. The van der Waals surface area contributed by atoms with Crippen LogP contribution in [0.4, 0.5) is 0 Å². The summed E-state index contributed by atoms with van der Waals surface area (Å²) in [7, 11) is 0. The molecule has 0 aliphatic rings. The molecule has 0 fully saturated rings. The lowest BCUT2D eigenvalue weighted by atomic mass is 10.0. The molecule has 0 spiro atoms. The van der Waals surface area contributed by atoms with Crippen molar-refractivity contribution >= 4 is 18.5 Å². The largest absolute Gasteiger partial charge is 0.390 e. The third-order valence-electron chi connectivity index (χ3n) is 2.28. The van der Waals surface area contributed by atoms with Gasteiger partial charge in [-0.15, -0.1) is 0 Å². The number of nitrogens with two attached hydrogens (primary N) is 1. The number of nitrogens with one attached hydrogen (secondary N) is 1. The maximum absolute atomic E-state index is 11.3. The molecule has 1 amide bonds. The predicted molar refractivity (Wildman–Crippen MR) is 65.3 cm³/mol. The first-order chi connectivity index (χ1) is 8.10. The highest BCUT2D eigenvalue weighted by atomic mass is 32.1. The van der Waals surface area contributed by atoms with Gasteiger partial charge in [-0.25, -0.2) is 5.84 Å². The van der Waals surface area contributed by atoms with Crippen molar-refractivity contribution in [1.29, 1.82) is 0 Å². The van der Waals surface area contributed by atoms with Gasteiger partial charge in [-0.3, -0.25) is 15.2 Å². The van der Waals surface area contributed by atoms with Crippen molar-refractivity contribution in [3.63, 3.8) is 0 Å². The number of hydrogen-bond donors (Lipinski definition) is 5. The van der Waals surface area contributed by atoms with E-state index in [4.69, 9.17) is 5.84 Å². The van der Waals surface area contributed by atoms with E-state index in [1.165, 1.54) is 18.5 Å². The molecule has 0 radical (unpaired) electrons. The van der Waals surface area contributed by atoms with E-state index in [1.807, 2.05) is 5.43 Å². The molecule has 1 heterocycles. The summed E-state index contributed by atoms with van der Waals surface area (Å²) in [6, 6.07) is 1.43. The van der Waals surface area contributed by atoms with Crippen molar-refractivity contribution in [2.75, 3.05) is 5.75 Å². The van der Waals surface area contributed by atoms with Crippen LogP contribution in [0.3, 0.4) is 0 Å². The van der Waals surface area contributed by atoms with E-state index in [-0.39, 0.29) is 5.56 Å². The van der Waals surface area contributed by atoms with E-state index in [2.05, 4.69) is 17.6 Å². The Balaban J connectivity index is 2.87. The third-order valence-corrected chi connectivity index (χ3v) is 2.54. The van der Waals surface area contributed by atoms with Gasteiger partial charge < -0.3 is 10.2 Å². The van der Waals surface area contributed by atoms with Gasteiger partial charge in [0.2, 0.25) is 0 Å². The summed E-state index contributed by atoms with van der Waals surface area (Å²) in [6.07, 6.45) is 1.02. The predicted octanol–water partition coefficient (Wildman–Crippen LogP) is -0.601. The maximum Gasteiger partial charge on any atom is 0.266 e. The Bertz CT molecular complexity index is 389. The molecule has 1 aromatic heterocycles. The lowest BCUT2D eigenvalue weighted by Gasteiger charge is -2.17. The molecule has 0 bridgehead atoms. The van der Waals surface area contributed by atoms with Gasteiger partial charge in [0.05, 0.1) is 11.7 Å². The van der Waals surface area contributed by atoms with Crippen LogP contribution >= 0.6 is 12.6 Å². The van der Waals surface area contributed by atoms with Crippen LogP contribution in [0.1, 0.15) is 28.4 Å². The number of pyridine rings is 1. The van der Waals surface area contributed by atoms with E-state index < -0.39 is 18.1 Å². The minimum Gasteiger partial charge on any atom is -0.390 e. The molecule has 0 aliphatic carbocycles. The van der Waals surface area contributed by atoms with E-state index in [1.54, 1.807) is 0 Å². The molecule has 0 saturated heterocycles. The number of hydrazine groups is 1. The quantitative estimate of drug-likeness (QED) is 0.209. The molecule has 7 heteroatoms. The lowest BCUT2D eigenvalue weighted by Crippen LogP contribution is -2.30. The molecule has 1 rings (SSSR count). The molecule has 6 nitrogen and oxygen atoms in total. The van der Waals surface area contributed by atoms with Gasteiger partial charge in [-0.05, 0) is 18.2 Å². The fourth-order valence-corrected chi connectivity index (χ4v) is 1.60. The van der Waals surface area contributed by atoms with Crippen LogP contribution in [0, 0.1) is 0 Å². The number of rotatable bonds is 5. The Kier molecular flexibility index (Phi) is 5.36. The second kappa shape index (κ2) is 6.55. The van der Waals surface area contributed by atoms with Crippen molar-refractivity contribution < 1.29 is 15.0 Å². The summed E-state index contributed by atoms with van der Waals surface area (Å²) in [5.74, 6) is 4.94. The van der Waals surface area contributed by atoms with Crippen LogP contribution in [0.2, 0.25) is 0 Å². The summed E-state index contributed by atoms with van der Waals surface area (Å²) in [5, 5.41) is 19.4. The van der Waals surface area contributed by atoms with Crippen molar-refractivity contribution in [2.24, 2.45) is 5.84 Å². The number of thiol groups is 1. The standard InChI is InChI=1S/C10H15N3O3S/c11-13-10(16)7-3-6(4-12-5-7)9(15)8(14)1-2-17/h3-5,8-9,14-15,17H,1-2,11H2,(H,13,16). The maximum atomic E-state index is 11.3. The van der Waals surface area contributed by atoms with Gasteiger partial charge in [0, 0.05) is 18.0 Å². The number of nitrogens with zero attached hydrogens (tertiary/aromatic N) is 1. The summed E-state index contributed by atoms with van der Waals surface area (Å²) >= 11 is 3.97. The fourth-order valence-electron chi connectivity index (χ4n) is 1.34. The van der Waals surface area contributed by atoms with Gasteiger partial charge in [0.25, 0.3) is 5.91 Å². The molecule has 0 saturated carbocycles. The second-order valence-corrected chi connectivity index (χ2v) is 3.95. The minimum atomic E-state index is -1.10. The van der Waals surface area contributed by atoms with Crippen LogP contribution in [0.25, 0.3) is 0 Å². The van der Waals surface area contributed by atoms with Crippen LogP contribution in [0.5, 0.6) is 0 Å². The lowest BCUT2D eigenvalue weighted by molar-refractivity contribution is 0.0170. The first-order valence-electron chi connectivity index (χ1n) is 5.03. The first-order valence-corrected chi connectivity index (χ1v) is 5.66. The number of amides is 1. The normalized spacial score (nSPS) is 14.1. The van der Waals surface area contributed by atoms with E-state index >= 15 is 0 Å². The average molecular weight is 257 g/mol.